The normalized spacial score (nSPS) is 20.9. The number of carbonyl (C=O) groups excluding carboxylic acids is 1. The van der Waals surface area contributed by atoms with Crippen molar-refractivity contribution in [3.05, 3.63) is 28.8 Å². The zero-order valence-electron chi connectivity index (χ0n) is 10.8. The molecule has 2 amide bonds. The van der Waals surface area contributed by atoms with Crippen molar-refractivity contribution in [3.63, 3.8) is 0 Å². The molecule has 7 nitrogen and oxygen atoms in total. The van der Waals surface area contributed by atoms with Gasteiger partial charge in [-0.15, -0.1) is 0 Å². The van der Waals surface area contributed by atoms with Gasteiger partial charge < -0.3 is 20.4 Å². The van der Waals surface area contributed by atoms with E-state index in [0.29, 0.717) is 5.56 Å². The molecule has 110 valence electrons. The van der Waals surface area contributed by atoms with Crippen LogP contribution in [0.15, 0.2) is 18.2 Å². The second-order valence-corrected chi connectivity index (χ2v) is 5.04. The molecule has 1 aromatic carbocycles. The maximum atomic E-state index is 12.1. The molecule has 1 aromatic rings. The molecule has 0 spiro atoms. The van der Waals surface area contributed by atoms with Crippen molar-refractivity contribution in [1.82, 2.24) is 4.90 Å². The summed E-state index contributed by atoms with van der Waals surface area (Å²) in [5.74, 6) is -1.17. The average Bonchev–Trinajstić information content (AvgIpc) is 2.83. The lowest BCUT2D eigenvalue weighted by Crippen LogP contribution is -2.43. The Kier molecular flexibility index (Phi) is 4.31. The van der Waals surface area contributed by atoms with Crippen LogP contribution in [0.3, 0.4) is 0 Å². The second kappa shape index (κ2) is 5.99. The van der Waals surface area contributed by atoms with Gasteiger partial charge in [0, 0.05) is 13.0 Å². The largest absolute Gasteiger partial charge is 0.480 e. The number of rotatable bonds is 2. The maximum absolute atomic E-state index is 12.1. The van der Waals surface area contributed by atoms with E-state index in [1.807, 2.05) is 6.07 Å². The minimum Gasteiger partial charge on any atom is -0.480 e. The number of anilines is 1. The number of halogens is 1. The summed E-state index contributed by atoms with van der Waals surface area (Å²) in [5, 5.41) is 29.9. The highest BCUT2D eigenvalue weighted by atomic mass is 35.5. The van der Waals surface area contributed by atoms with Gasteiger partial charge >= 0.3 is 12.0 Å². The minimum absolute atomic E-state index is 0.0101. The van der Waals surface area contributed by atoms with E-state index in [2.05, 4.69) is 5.32 Å². The number of aliphatic hydroxyl groups excluding tert-OH is 1. The first-order chi connectivity index (χ1) is 9.92. The van der Waals surface area contributed by atoms with Crippen molar-refractivity contribution < 1.29 is 19.8 Å². The van der Waals surface area contributed by atoms with Crippen LogP contribution in [-0.4, -0.2) is 45.8 Å². The summed E-state index contributed by atoms with van der Waals surface area (Å²) in [7, 11) is 0. The summed E-state index contributed by atoms with van der Waals surface area (Å²) < 4.78 is 0. The van der Waals surface area contributed by atoms with Gasteiger partial charge in [0.2, 0.25) is 0 Å². The van der Waals surface area contributed by atoms with Crippen molar-refractivity contribution in [2.75, 3.05) is 11.9 Å². The topological polar surface area (TPSA) is 114 Å². The maximum Gasteiger partial charge on any atom is 0.326 e. The molecule has 2 rings (SSSR count). The number of nitriles is 1. The predicted molar refractivity (Wildman–Crippen MR) is 73.9 cm³/mol. The number of aliphatic carboxylic acids is 1. The second-order valence-electron chi connectivity index (χ2n) is 4.63. The van der Waals surface area contributed by atoms with Gasteiger partial charge in [-0.05, 0) is 18.2 Å². The van der Waals surface area contributed by atoms with Crippen LogP contribution in [-0.2, 0) is 4.79 Å². The van der Waals surface area contributed by atoms with E-state index < -0.39 is 24.1 Å². The van der Waals surface area contributed by atoms with Gasteiger partial charge in [-0.3, -0.25) is 0 Å². The third kappa shape index (κ3) is 3.24. The molecular formula is C13H12ClN3O4. The molecule has 0 aliphatic carbocycles. The highest BCUT2D eigenvalue weighted by Gasteiger charge is 2.39. The van der Waals surface area contributed by atoms with E-state index in [1.165, 1.54) is 18.2 Å². The molecule has 21 heavy (non-hydrogen) atoms. The number of carboxylic acids is 1. The Morgan fingerprint density at radius 1 is 1.48 bits per heavy atom. The monoisotopic (exact) mass is 309 g/mol. The fourth-order valence-corrected chi connectivity index (χ4v) is 2.37. The van der Waals surface area contributed by atoms with Crippen LogP contribution >= 0.6 is 11.6 Å². The molecule has 2 atom stereocenters. The highest BCUT2D eigenvalue weighted by Crippen LogP contribution is 2.25. The zero-order chi connectivity index (χ0) is 15.6. The molecule has 1 heterocycles. The van der Waals surface area contributed by atoms with Gasteiger partial charge in [0.1, 0.15) is 6.04 Å². The van der Waals surface area contributed by atoms with Crippen molar-refractivity contribution in [2.45, 2.75) is 18.6 Å². The van der Waals surface area contributed by atoms with Crippen LogP contribution in [0.4, 0.5) is 10.5 Å². The summed E-state index contributed by atoms with van der Waals surface area (Å²) >= 11 is 5.94. The van der Waals surface area contributed by atoms with Crippen molar-refractivity contribution in [1.29, 1.82) is 5.26 Å². The molecule has 0 radical (unpaired) electrons. The summed E-state index contributed by atoms with van der Waals surface area (Å²) in [5.41, 5.74) is 0.615. The Bertz CT molecular complexity index is 628. The van der Waals surface area contributed by atoms with Crippen molar-refractivity contribution >= 4 is 29.3 Å². The molecule has 0 aromatic heterocycles. The number of hydrogen-bond donors (Lipinski definition) is 3. The van der Waals surface area contributed by atoms with Gasteiger partial charge in [-0.2, -0.15) is 5.26 Å². The van der Waals surface area contributed by atoms with Gasteiger partial charge in [-0.1, -0.05) is 11.6 Å². The van der Waals surface area contributed by atoms with Crippen LogP contribution in [0.2, 0.25) is 5.02 Å². The van der Waals surface area contributed by atoms with Crippen LogP contribution < -0.4 is 5.32 Å². The Labute approximate surface area is 125 Å². The lowest BCUT2D eigenvalue weighted by Gasteiger charge is -2.21. The number of aliphatic hydroxyl groups is 1. The Morgan fingerprint density at radius 3 is 2.76 bits per heavy atom. The first kappa shape index (κ1) is 15.1. The number of carbonyl (C=O) groups is 2. The van der Waals surface area contributed by atoms with Crippen LogP contribution in [0.5, 0.6) is 0 Å². The highest BCUT2D eigenvalue weighted by molar-refractivity contribution is 6.33. The summed E-state index contributed by atoms with van der Waals surface area (Å²) in [6.07, 6.45) is -0.877. The quantitative estimate of drug-likeness (QED) is 0.761. The summed E-state index contributed by atoms with van der Waals surface area (Å²) in [4.78, 5) is 24.2. The van der Waals surface area contributed by atoms with E-state index >= 15 is 0 Å². The Morgan fingerprint density at radius 2 is 2.19 bits per heavy atom. The molecule has 1 aliphatic heterocycles. The van der Waals surface area contributed by atoms with E-state index in [0.717, 1.165) is 4.90 Å². The standard InChI is InChI=1S/C13H12ClN3O4/c14-9-3-7(5-15)1-2-10(9)16-13(21)17-6-8(18)4-11(17)12(19)20/h1-3,8,11,18H,4,6H2,(H,16,21)(H,19,20)/t8-,11-/m0/s1. The zero-order valence-corrected chi connectivity index (χ0v) is 11.5. The SMILES string of the molecule is N#Cc1ccc(NC(=O)N2C[C@@H](O)C[C@H]2C(=O)O)c(Cl)c1. The third-order valence-corrected chi connectivity index (χ3v) is 3.48. The molecule has 0 saturated carbocycles. The third-order valence-electron chi connectivity index (χ3n) is 3.16. The predicted octanol–water partition coefficient (Wildman–Crippen LogP) is 1.26. The number of benzene rings is 1. The molecule has 3 N–H and O–H groups in total. The molecule has 1 fully saturated rings. The molecule has 8 heteroatoms. The number of nitrogens with one attached hydrogen (secondary N) is 1. The molecule has 0 bridgehead atoms. The summed E-state index contributed by atoms with van der Waals surface area (Å²) in [6.45, 7) is -0.0588. The summed E-state index contributed by atoms with van der Waals surface area (Å²) in [6, 6.07) is 4.51. The number of amides is 2. The fraction of sp³-hybridized carbons (Fsp3) is 0.308. The van der Waals surface area contributed by atoms with Gasteiger partial charge in [0.25, 0.3) is 0 Å². The lowest BCUT2D eigenvalue weighted by atomic mass is 10.2. The van der Waals surface area contributed by atoms with Crippen molar-refractivity contribution in [2.24, 2.45) is 0 Å². The molecule has 1 saturated heterocycles. The van der Waals surface area contributed by atoms with E-state index in [4.69, 9.17) is 22.0 Å². The first-order valence-corrected chi connectivity index (χ1v) is 6.48. The smallest absolute Gasteiger partial charge is 0.326 e. The van der Waals surface area contributed by atoms with E-state index in [9.17, 15) is 14.7 Å². The minimum atomic E-state index is -1.17. The number of nitrogens with zero attached hydrogens (tertiary/aromatic N) is 2. The Hall–Kier alpha value is -2.30. The van der Waals surface area contributed by atoms with Crippen LogP contribution in [0, 0.1) is 11.3 Å². The van der Waals surface area contributed by atoms with Gasteiger partial charge in [-0.25, -0.2) is 9.59 Å². The average molecular weight is 310 g/mol. The first-order valence-electron chi connectivity index (χ1n) is 6.10. The fourth-order valence-electron chi connectivity index (χ4n) is 2.15. The molecule has 1 aliphatic rings. The number of urea groups is 1. The van der Waals surface area contributed by atoms with E-state index in [1.54, 1.807) is 0 Å². The van der Waals surface area contributed by atoms with Crippen LogP contribution in [0.25, 0.3) is 0 Å². The molecular weight excluding hydrogens is 298 g/mol. The molecule has 0 unspecified atom stereocenters. The van der Waals surface area contributed by atoms with Crippen LogP contribution in [0.1, 0.15) is 12.0 Å². The Balaban J connectivity index is 2.14. The van der Waals surface area contributed by atoms with Crippen molar-refractivity contribution in [3.8, 4) is 6.07 Å². The lowest BCUT2D eigenvalue weighted by molar-refractivity contribution is -0.141. The van der Waals surface area contributed by atoms with Gasteiger partial charge in [0.15, 0.2) is 0 Å². The number of β-amino-alcohol motifs (C(OH)–C–C–N with tert-alkyl or cyclic N) is 1. The van der Waals surface area contributed by atoms with E-state index in [-0.39, 0.29) is 23.7 Å². The number of likely N-dealkylation sites (tertiary alicyclic amines) is 1. The van der Waals surface area contributed by atoms with Gasteiger partial charge in [0.05, 0.1) is 28.4 Å². The number of hydrogen-bond acceptors (Lipinski definition) is 4. The number of carboxylic acid groups (broad SMARTS) is 1.